The number of rotatable bonds is 11. The van der Waals surface area contributed by atoms with E-state index >= 15 is 0 Å². The third-order valence-corrected chi connectivity index (χ3v) is 3.99. The van der Waals surface area contributed by atoms with Crippen molar-refractivity contribution >= 4 is 5.97 Å². The summed E-state index contributed by atoms with van der Waals surface area (Å²) < 4.78 is 42.7. The Bertz CT molecular complexity index is 277. The maximum Gasteiger partial charge on any atom is 0.392 e. The van der Waals surface area contributed by atoms with Gasteiger partial charge in [0.25, 0.3) is 0 Å². The number of ether oxygens (including phenoxy) is 1. The van der Waals surface area contributed by atoms with Gasteiger partial charge in [-0.15, -0.1) is 0 Å². The molecule has 0 rings (SSSR count). The molecule has 2 nitrogen and oxygen atoms in total. The summed E-state index contributed by atoms with van der Waals surface area (Å²) in [4.78, 5) is 11.5. The van der Waals surface area contributed by atoms with Crippen LogP contribution in [0.2, 0.25) is 0 Å². The van der Waals surface area contributed by atoms with E-state index in [1.807, 2.05) is 0 Å². The minimum atomic E-state index is -4.35. The molecule has 5 heteroatoms. The zero-order chi connectivity index (χ0) is 16.3. The second-order valence-electron chi connectivity index (χ2n) is 5.72. The van der Waals surface area contributed by atoms with Gasteiger partial charge in [-0.25, -0.2) is 0 Å². The lowest BCUT2D eigenvalue weighted by molar-refractivity contribution is -0.193. The minimum absolute atomic E-state index is 0.252. The van der Waals surface area contributed by atoms with E-state index in [2.05, 4.69) is 11.7 Å². The molecule has 21 heavy (non-hydrogen) atoms. The molecule has 0 aromatic heterocycles. The number of carbonyl (C=O) groups is 1. The lowest BCUT2D eigenvalue weighted by Gasteiger charge is -2.23. The zero-order valence-electron chi connectivity index (χ0n) is 13.5. The molecule has 0 saturated heterocycles. The first-order chi connectivity index (χ1) is 9.84. The molecule has 0 saturated carbocycles. The largest absolute Gasteiger partial charge is 0.469 e. The number of esters is 1. The van der Waals surface area contributed by atoms with E-state index in [4.69, 9.17) is 0 Å². The van der Waals surface area contributed by atoms with Crippen molar-refractivity contribution in [2.24, 2.45) is 11.8 Å². The fourth-order valence-corrected chi connectivity index (χ4v) is 2.45. The third kappa shape index (κ3) is 8.99. The standard InChI is InChI=1S/C16H29F3O2/c1-4-5-6-7-8-9-10-11-12-14(15(20)21-3)13(2)16(17,18)19/h13-14H,4-12H2,1-3H3. The van der Waals surface area contributed by atoms with Crippen LogP contribution < -0.4 is 0 Å². The van der Waals surface area contributed by atoms with Gasteiger partial charge in [0, 0.05) is 0 Å². The summed E-state index contributed by atoms with van der Waals surface area (Å²) in [6, 6.07) is 0. The molecule has 0 fully saturated rings. The van der Waals surface area contributed by atoms with E-state index in [0.29, 0.717) is 6.42 Å². The van der Waals surface area contributed by atoms with Crippen LogP contribution in [0.15, 0.2) is 0 Å². The van der Waals surface area contributed by atoms with Gasteiger partial charge in [-0.05, 0) is 6.42 Å². The van der Waals surface area contributed by atoms with Crippen molar-refractivity contribution in [3.63, 3.8) is 0 Å². The Morgan fingerprint density at radius 1 is 1.00 bits per heavy atom. The third-order valence-electron chi connectivity index (χ3n) is 3.99. The molecular formula is C16H29F3O2. The number of halogens is 3. The van der Waals surface area contributed by atoms with Crippen LogP contribution in [-0.2, 0) is 9.53 Å². The maximum absolute atomic E-state index is 12.7. The molecule has 2 unspecified atom stereocenters. The van der Waals surface area contributed by atoms with E-state index in [1.165, 1.54) is 25.7 Å². The first-order valence-electron chi connectivity index (χ1n) is 7.99. The van der Waals surface area contributed by atoms with Crippen molar-refractivity contribution in [3.05, 3.63) is 0 Å². The SMILES string of the molecule is CCCCCCCCCCC(C(=O)OC)C(C)C(F)(F)F. The summed E-state index contributed by atoms with van der Waals surface area (Å²) in [6.45, 7) is 3.22. The predicted octanol–water partition coefficient (Wildman–Crippen LogP) is 5.50. The highest BCUT2D eigenvalue weighted by Crippen LogP contribution is 2.35. The highest BCUT2D eigenvalue weighted by atomic mass is 19.4. The Hall–Kier alpha value is -0.740. The van der Waals surface area contributed by atoms with E-state index in [9.17, 15) is 18.0 Å². The maximum atomic E-state index is 12.7. The molecule has 0 aromatic carbocycles. The molecule has 0 aliphatic heterocycles. The van der Waals surface area contributed by atoms with Gasteiger partial charge in [0.15, 0.2) is 0 Å². The second kappa shape index (κ2) is 10.9. The molecule has 0 amide bonds. The summed E-state index contributed by atoms with van der Waals surface area (Å²) in [5.74, 6) is -3.47. The summed E-state index contributed by atoms with van der Waals surface area (Å²) in [7, 11) is 1.14. The molecule has 2 atom stereocenters. The number of alkyl halides is 3. The molecular weight excluding hydrogens is 281 g/mol. The molecule has 0 bridgehead atoms. The fraction of sp³-hybridized carbons (Fsp3) is 0.938. The van der Waals surface area contributed by atoms with E-state index < -0.39 is 24.0 Å². The number of unbranched alkanes of at least 4 members (excludes halogenated alkanes) is 7. The van der Waals surface area contributed by atoms with Crippen molar-refractivity contribution < 1.29 is 22.7 Å². The van der Waals surface area contributed by atoms with Gasteiger partial charge < -0.3 is 4.74 Å². The first kappa shape index (κ1) is 20.3. The predicted molar refractivity (Wildman–Crippen MR) is 78.0 cm³/mol. The van der Waals surface area contributed by atoms with Crippen LogP contribution in [0.4, 0.5) is 13.2 Å². The highest BCUT2D eigenvalue weighted by molar-refractivity contribution is 5.72. The van der Waals surface area contributed by atoms with Crippen LogP contribution in [0.3, 0.4) is 0 Å². The van der Waals surface area contributed by atoms with Gasteiger partial charge in [-0.3, -0.25) is 4.79 Å². The lowest BCUT2D eigenvalue weighted by atomic mass is 9.88. The average Bonchev–Trinajstić information content (AvgIpc) is 2.43. The van der Waals surface area contributed by atoms with Gasteiger partial charge in [0.05, 0.1) is 18.9 Å². The van der Waals surface area contributed by atoms with Gasteiger partial charge in [0.2, 0.25) is 0 Å². The first-order valence-corrected chi connectivity index (χ1v) is 7.99. The van der Waals surface area contributed by atoms with Crippen LogP contribution in [0, 0.1) is 11.8 Å². The minimum Gasteiger partial charge on any atom is -0.469 e. The highest BCUT2D eigenvalue weighted by Gasteiger charge is 2.44. The topological polar surface area (TPSA) is 26.3 Å². The molecule has 0 aliphatic carbocycles. The molecule has 0 spiro atoms. The van der Waals surface area contributed by atoms with Crippen molar-refractivity contribution in [2.45, 2.75) is 77.8 Å². The Kier molecular flexibility index (Phi) is 10.5. The molecule has 0 aliphatic rings. The number of hydrogen-bond acceptors (Lipinski definition) is 2. The normalized spacial score (nSPS) is 14.8. The van der Waals surface area contributed by atoms with Crippen molar-refractivity contribution in [1.29, 1.82) is 0 Å². The van der Waals surface area contributed by atoms with Crippen molar-refractivity contribution in [3.8, 4) is 0 Å². The molecule has 0 radical (unpaired) electrons. The van der Waals surface area contributed by atoms with Gasteiger partial charge in [-0.1, -0.05) is 65.2 Å². The van der Waals surface area contributed by atoms with Crippen LogP contribution in [0.5, 0.6) is 0 Å². The molecule has 0 heterocycles. The molecule has 126 valence electrons. The van der Waals surface area contributed by atoms with Crippen LogP contribution in [0.1, 0.15) is 71.6 Å². The Morgan fingerprint density at radius 3 is 1.90 bits per heavy atom. The Labute approximate surface area is 126 Å². The van der Waals surface area contributed by atoms with Gasteiger partial charge in [-0.2, -0.15) is 13.2 Å². The fourth-order valence-electron chi connectivity index (χ4n) is 2.45. The quantitative estimate of drug-likeness (QED) is 0.372. The van der Waals surface area contributed by atoms with E-state index in [-0.39, 0.29) is 6.42 Å². The zero-order valence-corrected chi connectivity index (χ0v) is 13.5. The smallest absolute Gasteiger partial charge is 0.392 e. The second-order valence-corrected chi connectivity index (χ2v) is 5.72. The van der Waals surface area contributed by atoms with Crippen LogP contribution in [0.25, 0.3) is 0 Å². The van der Waals surface area contributed by atoms with Crippen molar-refractivity contribution in [1.82, 2.24) is 0 Å². The summed E-state index contributed by atoms with van der Waals surface area (Å²) in [5, 5.41) is 0. The summed E-state index contributed by atoms with van der Waals surface area (Å²) >= 11 is 0. The monoisotopic (exact) mass is 310 g/mol. The Morgan fingerprint density at radius 2 is 1.48 bits per heavy atom. The van der Waals surface area contributed by atoms with Crippen LogP contribution in [-0.4, -0.2) is 19.3 Å². The van der Waals surface area contributed by atoms with Crippen LogP contribution >= 0.6 is 0 Å². The summed E-state index contributed by atoms with van der Waals surface area (Å²) in [5.41, 5.74) is 0. The number of carbonyl (C=O) groups excluding carboxylic acids is 1. The average molecular weight is 310 g/mol. The van der Waals surface area contributed by atoms with Gasteiger partial charge >= 0.3 is 12.1 Å². The van der Waals surface area contributed by atoms with E-state index in [0.717, 1.165) is 33.3 Å². The molecule has 0 N–H and O–H groups in total. The van der Waals surface area contributed by atoms with E-state index in [1.54, 1.807) is 0 Å². The summed E-state index contributed by atoms with van der Waals surface area (Å²) in [6.07, 6.45) is 4.44. The number of hydrogen-bond donors (Lipinski definition) is 0. The van der Waals surface area contributed by atoms with Crippen molar-refractivity contribution in [2.75, 3.05) is 7.11 Å². The molecule has 0 aromatic rings. The number of methoxy groups -OCH3 is 1. The lowest BCUT2D eigenvalue weighted by Crippen LogP contribution is -2.33. The Balaban J connectivity index is 4.01. The van der Waals surface area contributed by atoms with Gasteiger partial charge in [0.1, 0.15) is 0 Å².